The zero-order chi connectivity index (χ0) is 19.8. The average Bonchev–Trinajstić information content (AvgIpc) is 2.75. The molecule has 0 aliphatic rings. The molecule has 28 heavy (non-hydrogen) atoms. The molecule has 0 amide bonds. The third-order valence-corrected chi connectivity index (χ3v) is 6.42. The van der Waals surface area contributed by atoms with Gasteiger partial charge in [0.25, 0.3) is 0 Å². The standard InChI is InChI=1S/C23H22O3S2/c1-26-18-14-12-17(13-15-18)22(24)21(16-27-19-8-4-2-5-9-19)23(25)28-20-10-6-3-7-11-20/h2-15,21-22,24H,16H2,1H3. The minimum Gasteiger partial charge on any atom is -0.497 e. The van der Waals surface area contributed by atoms with Crippen molar-refractivity contribution in [3.8, 4) is 5.75 Å². The number of ether oxygens (including phenoxy) is 1. The maximum atomic E-state index is 13.0. The number of hydrogen-bond donors (Lipinski definition) is 1. The Labute approximate surface area is 174 Å². The van der Waals surface area contributed by atoms with Crippen LogP contribution in [-0.4, -0.2) is 23.1 Å². The second-order valence-electron chi connectivity index (χ2n) is 6.18. The van der Waals surface area contributed by atoms with Crippen molar-refractivity contribution in [2.75, 3.05) is 12.9 Å². The van der Waals surface area contributed by atoms with Gasteiger partial charge in [0.2, 0.25) is 5.12 Å². The van der Waals surface area contributed by atoms with Crippen LogP contribution in [0, 0.1) is 5.92 Å². The first-order valence-corrected chi connectivity index (χ1v) is 10.7. The summed E-state index contributed by atoms with van der Waals surface area (Å²) >= 11 is 2.76. The minimum absolute atomic E-state index is 0.0436. The average molecular weight is 411 g/mol. The van der Waals surface area contributed by atoms with Crippen LogP contribution in [0.1, 0.15) is 11.7 Å². The summed E-state index contributed by atoms with van der Waals surface area (Å²) in [5, 5.41) is 10.9. The Bertz CT molecular complexity index is 867. The number of methoxy groups -OCH3 is 1. The second-order valence-corrected chi connectivity index (χ2v) is 8.35. The molecular weight excluding hydrogens is 388 g/mol. The summed E-state index contributed by atoms with van der Waals surface area (Å²) in [4.78, 5) is 15.0. The lowest BCUT2D eigenvalue weighted by atomic mass is 9.98. The van der Waals surface area contributed by atoms with E-state index in [2.05, 4.69) is 0 Å². The largest absolute Gasteiger partial charge is 0.497 e. The number of aliphatic hydroxyl groups is 1. The van der Waals surface area contributed by atoms with Crippen molar-refractivity contribution in [2.45, 2.75) is 15.9 Å². The van der Waals surface area contributed by atoms with Crippen molar-refractivity contribution >= 4 is 28.6 Å². The number of carbonyl (C=O) groups is 1. The van der Waals surface area contributed by atoms with Crippen LogP contribution >= 0.6 is 23.5 Å². The number of benzene rings is 3. The van der Waals surface area contributed by atoms with Crippen LogP contribution in [0.3, 0.4) is 0 Å². The molecule has 2 unspecified atom stereocenters. The minimum atomic E-state index is -0.883. The fraction of sp³-hybridized carbons (Fsp3) is 0.174. The van der Waals surface area contributed by atoms with Gasteiger partial charge in [-0.25, -0.2) is 0 Å². The maximum absolute atomic E-state index is 13.0. The van der Waals surface area contributed by atoms with Crippen molar-refractivity contribution in [2.24, 2.45) is 5.92 Å². The van der Waals surface area contributed by atoms with Gasteiger partial charge in [-0.15, -0.1) is 11.8 Å². The lowest BCUT2D eigenvalue weighted by molar-refractivity contribution is -0.116. The lowest BCUT2D eigenvalue weighted by Gasteiger charge is -2.22. The highest BCUT2D eigenvalue weighted by atomic mass is 32.2. The van der Waals surface area contributed by atoms with Crippen LogP contribution < -0.4 is 4.74 Å². The molecule has 3 aromatic rings. The molecule has 144 valence electrons. The van der Waals surface area contributed by atoms with Gasteiger partial charge < -0.3 is 9.84 Å². The summed E-state index contributed by atoms with van der Waals surface area (Å²) < 4.78 is 5.18. The normalized spacial score (nSPS) is 12.9. The summed E-state index contributed by atoms with van der Waals surface area (Å²) in [5.74, 6) is 0.676. The van der Waals surface area contributed by atoms with Crippen molar-refractivity contribution in [3.05, 3.63) is 90.5 Å². The Morgan fingerprint density at radius 2 is 1.46 bits per heavy atom. The molecule has 0 radical (unpaired) electrons. The molecule has 3 rings (SSSR count). The van der Waals surface area contributed by atoms with Gasteiger partial charge >= 0.3 is 0 Å². The van der Waals surface area contributed by atoms with E-state index in [1.165, 1.54) is 11.8 Å². The number of carbonyl (C=O) groups excluding carboxylic acids is 1. The highest BCUT2D eigenvalue weighted by Crippen LogP contribution is 2.34. The van der Waals surface area contributed by atoms with Crippen molar-refractivity contribution < 1.29 is 14.6 Å². The molecule has 3 nitrogen and oxygen atoms in total. The Morgan fingerprint density at radius 3 is 2.04 bits per heavy atom. The zero-order valence-corrected chi connectivity index (χ0v) is 17.2. The number of rotatable bonds is 8. The first-order valence-electron chi connectivity index (χ1n) is 8.94. The van der Waals surface area contributed by atoms with Gasteiger partial charge in [-0.3, -0.25) is 4.79 Å². The molecule has 3 aromatic carbocycles. The van der Waals surface area contributed by atoms with Crippen LogP contribution in [0.15, 0.2) is 94.7 Å². The first-order chi connectivity index (χ1) is 13.7. The van der Waals surface area contributed by atoms with E-state index in [4.69, 9.17) is 4.74 Å². The van der Waals surface area contributed by atoms with Gasteiger partial charge in [0.1, 0.15) is 5.75 Å². The van der Waals surface area contributed by atoms with E-state index in [1.54, 1.807) is 31.0 Å². The fourth-order valence-electron chi connectivity index (χ4n) is 2.70. The van der Waals surface area contributed by atoms with Gasteiger partial charge in [0.05, 0.1) is 19.1 Å². The molecule has 0 fully saturated rings. The van der Waals surface area contributed by atoms with E-state index in [0.29, 0.717) is 11.3 Å². The Kier molecular flexibility index (Phi) is 7.60. The van der Waals surface area contributed by atoms with E-state index in [0.717, 1.165) is 15.5 Å². The van der Waals surface area contributed by atoms with Gasteiger partial charge in [0.15, 0.2) is 0 Å². The molecule has 0 aliphatic carbocycles. The van der Waals surface area contributed by atoms with Gasteiger partial charge in [0, 0.05) is 15.5 Å². The topological polar surface area (TPSA) is 46.5 Å². The lowest BCUT2D eigenvalue weighted by Crippen LogP contribution is -2.22. The predicted octanol–water partition coefficient (Wildman–Crippen LogP) is 5.46. The molecule has 0 aliphatic heterocycles. The molecule has 0 heterocycles. The Hall–Kier alpha value is -2.21. The van der Waals surface area contributed by atoms with E-state index >= 15 is 0 Å². The zero-order valence-electron chi connectivity index (χ0n) is 15.5. The summed E-state index contributed by atoms with van der Waals surface area (Å²) in [6, 6.07) is 26.7. The van der Waals surface area contributed by atoms with Crippen LogP contribution in [0.5, 0.6) is 5.75 Å². The maximum Gasteiger partial charge on any atom is 0.200 e. The summed E-state index contributed by atoms with van der Waals surface area (Å²) in [6.07, 6.45) is -0.883. The molecule has 0 spiro atoms. The number of thioether (sulfide) groups is 2. The first kappa shape index (κ1) is 20.5. The molecule has 1 N–H and O–H groups in total. The molecule has 0 bridgehead atoms. The highest BCUT2D eigenvalue weighted by molar-refractivity contribution is 8.13. The van der Waals surface area contributed by atoms with Crippen LogP contribution in [0.25, 0.3) is 0 Å². The van der Waals surface area contributed by atoms with Crippen LogP contribution in [0.4, 0.5) is 0 Å². The van der Waals surface area contributed by atoms with Crippen molar-refractivity contribution in [1.82, 2.24) is 0 Å². The molecule has 0 aromatic heterocycles. The number of hydrogen-bond acceptors (Lipinski definition) is 5. The Morgan fingerprint density at radius 1 is 0.893 bits per heavy atom. The van der Waals surface area contributed by atoms with Crippen molar-refractivity contribution in [3.63, 3.8) is 0 Å². The number of aliphatic hydroxyl groups excluding tert-OH is 1. The third-order valence-electron chi connectivity index (χ3n) is 4.28. The molecule has 2 atom stereocenters. The van der Waals surface area contributed by atoms with E-state index < -0.39 is 12.0 Å². The van der Waals surface area contributed by atoms with Gasteiger partial charge in [-0.1, -0.05) is 60.3 Å². The SMILES string of the molecule is COc1ccc(C(O)C(CSc2ccccc2)C(=O)Sc2ccccc2)cc1. The van der Waals surface area contributed by atoms with Gasteiger partial charge in [-0.2, -0.15) is 0 Å². The van der Waals surface area contributed by atoms with Crippen molar-refractivity contribution in [1.29, 1.82) is 0 Å². The van der Waals surface area contributed by atoms with Crippen LogP contribution in [0.2, 0.25) is 0 Å². The predicted molar refractivity (Wildman–Crippen MR) is 116 cm³/mol. The molecule has 5 heteroatoms. The molecule has 0 saturated carbocycles. The van der Waals surface area contributed by atoms with E-state index in [-0.39, 0.29) is 5.12 Å². The smallest absolute Gasteiger partial charge is 0.200 e. The third kappa shape index (κ3) is 5.64. The van der Waals surface area contributed by atoms with Gasteiger partial charge in [-0.05, 0) is 42.0 Å². The quantitative estimate of drug-likeness (QED) is 0.500. The fourth-order valence-corrected chi connectivity index (χ4v) is 4.75. The van der Waals surface area contributed by atoms with Crippen LogP contribution in [-0.2, 0) is 4.79 Å². The highest BCUT2D eigenvalue weighted by Gasteiger charge is 2.29. The monoisotopic (exact) mass is 410 g/mol. The summed E-state index contributed by atoms with van der Waals surface area (Å²) in [7, 11) is 1.60. The second kappa shape index (κ2) is 10.4. The molecular formula is C23H22O3S2. The summed E-state index contributed by atoms with van der Waals surface area (Å²) in [5.41, 5.74) is 0.710. The molecule has 0 saturated heterocycles. The summed E-state index contributed by atoms with van der Waals surface area (Å²) in [6.45, 7) is 0. The Balaban J connectivity index is 1.78. The van der Waals surface area contributed by atoms with E-state index in [1.807, 2.05) is 72.8 Å². The van der Waals surface area contributed by atoms with E-state index in [9.17, 15) is 9.90 Å².